The second-order valence-corrected chi connectivity index (χ2v) is 10.3. The van der Waals surface area contributed by atoms with Crippen LogP contribution in [0.4, 0.5) is 0 Å². The predicted molar refractivity (Wildman–Crippen MR) is 137 cm³/mol. The third-order valence-electron chi connectivity index (χ3n) is 7.17. The molecule has 2 saturated heterocycles. The van der Waals surface area contributed by atoms with E-state index in [-0.39, 0.29) is 30.3 Å². The van der Waals surface area contributed by atoms with E-state index in [2.05, 4.69) is 11.8 Å². The Morgan fingerprint density at radius 2 is 1.80 bits per heavy atom. The van der Waals surface area contributed by atoms with Gasteiger partial charge in [-0.05, 0) is 48.2 Å². The smallest absolute Gasteiger partial charge is 0.304 e. The molecule has 4 rings (SSSR count). The lowest BCUT2D eigenvalue weighted by molar-refractivity contribution is -0.153. The normalized spacial score (nSPS) is 24.4. The molecule has 1 amide bonds. The summed E-state index contributed by atoms with van der Waals surface area (Å²) in [5.74, 6) is -1.75. The van der Waals surface area contributed by atoms with Crippen LogP contribution in [-0.2, 0) is 14.3 Å². The Balaban J connectivity index is 1.80. The number of carboxylic acid groups (broad SMARTS) is 1. The van der Waals surface area contributed by atoms with Crippen molar-refractivity contribution in [3.63, 3.8) is 0 Å². The number of halogens is 2. The Labute approximate surface area is 216 Å². The zero-order valence-corrected chi connectivity index (χ0v) is 21.4. The molecule has 0 aliphatic carbocycles. The van der Waals surface area contributed by atoms with Crippen molar-refractivity contribution >= 4 is 35.1 Å². The van der Waals surface area contributed by atoms with Crippen LogP contribution >= 0.6 is 23.2 Å². The number of amides is 1. The van der Waals surface area contributed by atoms with E-state index >= 15 is 0 Å². The first-order valence-electron chi connectivity index (χ1n) is 12.2. The fourth-order valence-electron chi connectivity index (χ4n) is 5.47. The molecule has 0 aromatic heterocycles. The number of hydrogen-bond acceptors (Lipinski definition) is 4. The summed E-state index contributed by atoms with van der Waals surface area (Å²) in [5, 5.41) is 10.9. The first kappa shape index (κ1) is 26.0. The highest BCUT2D eigenvalue weighted by Crippen LogP contribution is 2.47. The number of piperidine rings is 1. The van der Waals surface area contributed by atoms with Gasteiger partial charge in [0.05, 0.1) is 25.7 Å². The first-order valence-corrected chi connectivity index (χ1v) is 13.0. The van der Waals surface area contributed by atoms with Crippen LogP contribution < -0.4 is 0 Å². The van der Waals surface area contributed by atoms with Crippen LogP contribution in [0.1, 0.15) is 49.3 Å². The third kappa shape index (κ3) is 6.18. The molecule has 0 radical (unpaired) electrons. The van der Waals surface area contributed by atoms with Crippen molar-refractivity contribution < 1.29 is 19.4 Å². The summed E-state index contributed by atoms with van der Waals surface area (Å²) in [5.41, 5.74) is 1.99. The zero-order valence-electron chi connectivity index (χ0n) is 19.9. The highest BCUT2D eigenvalue weighted by atomic mass is 35.5. The summed E-state index contributed by atoms with van der Waals surface area (Å²) < 4.78 is 5.52. The van der Waals surface area contributed by atoms with Crippen LogP contribution in [0.15, 0.2) is 48.5 Å². The lowest BCUT2D eigenvalue weighted by Gasteiger charge is -2.49. The molecule has 4 atom stereocenters. The lowest BCUT2D eigenvalue weighted by Crippen LogP contribution is -2.55. The van der Waals surface area contributed by atoms with Crippen LogP contribution in [0.3, 0.4) is 0 Å². The zero-order chi connectivity index (χ0) is 24.9. The van der Waals surface area contributed by atoms with E-state index in [1.165, 1.54) is 0 Å². The van der Waals surface area contributed by atoms with Crippen LogP contribution in [0.2, 0.25) is 10.0 Å². The number of rotatable bonds is 8. The molecular weight excluding hydrogens is 487 g/mol. The molecule has 35 heavy (non-hydrogen) atoms. The molecule has 2 aromatic rings. The fourth-order valence-corrected chi connectivity index (χ4v) is 5.80. The minimum atomic E-state index is -0.959. The van der Waals surface area contributed by atoms with Crippen LogP contribution in [-0.4, -0.2) is 65.7 Å². The quantitative estimate of drug-likeness (QED) is 0.516. The minimum absolute atomic E-state index is 0.0699. The summed E-state index contributed by atoms with van der Waals surface area (Å²) in [7, 11) is 0. The average molecular weight is 519 g/mol. The molecule has 8 heteroatoms. The van der Waals surface area contributed by atoms with E-state index in [1.54, 1.807) is 0 Å². The van der Waals surface area contributed by atoms with E-state index in [0.29, 0.717) is 29.7 Å². The molecule has 2 heterocycles. The molecule has 0 saturated carbocycles. The van der Waals surface area contributed by atoms with Crippen molar-refractivity contribution in [1.29, 1.82) is 0 Å². The molecule has 2 aliphatic heterocycles. The van der Waals surface area contributed by atoms with Crippen molar-refractivity contribution in [2.24, 2.45) is 5.92 Å². The molecule has 0 bridgehead atoms. The lowest BCUT2D eigenvalue weighted by atomic mass is 9.74. The van der Waals surface area contributed by atoms with Gasteiger partial charge in [0.2, 0.25) is 5.91 Å². The number of morpholine rings is 1. The average Bonchev–Trinajstić information content (AvgIpc) is 2.85. The van der Waals surface area contributed by atoms with Gasteiger partial charge in [-0.3, -0.25) is 14.5 Å². The summed E-state index contributed by atoms with van der Waals surface area (Å²) in [6.45, 7) is 5.81. The van der Waals surface area contributed by atoms with Gasteiger partial charge in [0.25, 0.3) is 0 Å². The van der Waals surface area contributed by atoms with E-state index in [0.717, 1.165) is 37.2 Å². The maximum absolute atomic E-state index is 14.0. The highest BCUT2D eigenvalue weighted by molar-refractivity contribution is 6.30. The Bertz CT molecular complexity index is 1030. The molecule has 2 aliphatic rings. The predicted octanol–water partition coefficient (Wildman–Crippen LogP) is 5.25. The number of aliphatic carboxylic acids is 1. The Morgan fingerprint density at radius 3 is 2.43 bits per heavy atom. The summed E-state index contributed by atoms with van der Waals surface area (Å²) >= 11 is 12.6. The summed E-state index contributed by atoms with van der Waals surface area (Å²) in [6, 6.07) is 15.0. The van der Waals surface area contributed by atoms with Crippen molar-refractivity contribution in [3.05, 3.63) is 69.7 Å². The summed E-state index contributed by atoms with van der Waals surface area (Å²) in [6.07, 6.45) is 1.02. The second-order valence-electron chi connectivity index (χ2n) is 9.41. The monoisotopic (exact) mass is 518 g/mol. The van der Waals surface area contributed by atoms with Crippen LogP contribution in [0.25, 0.3) is 0 Å². The largest absolute Gasteiger partial charge is 0.481 e. The van der Waals surface area contributed by atoms with E-state index in [1.807, 2.05) is 53.4 Å². The third-order valence-corrected chi connectivity index (χ3v) is 7.66. The van der Waals surface area contributed by atoms with E-state index in [4.69, 9.17) is 27.9 Å². The number of nitrogens with zero attached hydrogens (tertiary/aromatic N) is 2. The number of benzene rings is 2. The second kappa shape index (κ2) is 11.7. The molecule has 4 unspecified atom stereocenters. The first-order chi connectivity index (χ1) is 16.9. The van der Waals surface area contributed by atoms with Gasteiger partial charge in [-0.2, -0.15) is 0 Å². The molecule has 6 nitrogen and oxygen atoms in total. The van der Waals surface area contributed by atoms with E-state index in [9.17, 15) is 14.7 Å². The van der Waals surface area contributed by atoms with Gasteiger partial charge in [-0.1, -0.05) is 54.4 Å². The molecule has 2 aromatic carbocycles. The number of carbonyl (C=O) groups is 2. The van der Waals surface area contributed by atoms with Crippen molar-refractivity contribution in [3.8, 4) is 0 Å². The number of carbonyl (C=O) groups excluding carboxylic acids is 1. The Hall–Kier alpha value is -2.12. The van der Waals surface area contributed by atoms with Gasteiger partial charge < -0.3 is 14.7 Å². The van der Waals surface area contributed by atoms with Crippen LogP contribution in [0.5, 0.6) is 0 Å². The number of likely N-dealkylation sites (tertiary alicyclic amines) is 1. The Morgan fingerprint density at radius 1 is 1.09 bits per heavy atom. The van der Waals surface area contributed by atoms with Gasteiger partial charge >= 0.3 is 5.97 Å². The molecular formula is C27H32Cl2N2O4. The maximum Gasteiger partial charge on any atom is 0.304 e. The number of hydrogen-bond donors (Lipinski definition) is 1. The fraction of sp³-hybridized carbons (Fsp3) is 0.481. The van der Waals surface area contributed by atoms with Gasteiger partial charge in [0.15, 0.2) is 0 Å². The standard InChI is InChI=1S/C27H32Cl2N2O4/c1-2-23(17-30-10-12-35-13-11-30)31-26(18-6-8-21(28)9-7-18)24(19-4-3-5-22(29)14-19)15-20(27(31)34)16-25(32)33/h3-9,14,20,23-24,26H,2,10-13,15-17H2,1H3,(H,32,33). The topological polar surface area (TPSA) is 70.1 Å². The number of carboxylic acids is 1. The SMILES string of the molecule is CCC(CN1CCOCC1)N1C(=O)C(CC(=O)O)CC(c2cccc(Cl)c2)C1c1ccc(Cl)cc1. The minimum Gasteiger partial charge on any atom is -0.481 e. The van der Waals surface area contributed by atoms with Gasteiger partial charge in [-0.25, -0.2) is 0 Å². The van der Waals surface area contributed by atoms with Crippen LogP contribution in [0, 0.1) is 5.92 Å². The highest BCUT2D eigenvalue weighted by Gasteiger charge is 2.46. The Kier molecular flexibility index (Phi) is 8.71. The van der Waals surface area contributed by atoms with Gasteiger partial charge in [-0.15, -0.1) is 0 Å². The molecule has 2 fully saturated rings. The van der Waals surface area contributed by atoms with Gasteiger partial charge in [0.1, 0.15) is 0 Å². The van der Waals surface area contributed by atoms with Crippen molar-refractivity contribution in [2.45, 2.75) is 44.2 Å². The number of ether oxygens (including phenoxy) is 1. The summed E-state index contributed by atoms with van der Waals surface area (Å²) in [4.78, 5) is 30.0. The molecule has 1 N–H and O–H groups in total. The van der Waals surface area contributed by atoms with Crippen molar-refractivity contribution in [2.75, 3.05) is 32.8 Å². The van der Waals surface area contributed by atoms with E-state index < -0.39 is 11.9 Å². The maximum atomic E-state index is 14.0. The molecule has 0 spiro atoms. The van der Waals surface area contributed by atoms with Crippen molar-refractivity contribution in [1.82, 2.24) is 9.80 Å². The molecule has 188 valence electrons. The van der Waals surface area contributed by atoms with Gasteiger partial charge in [0, 0.05) is 47.6 Å².